The molecule has 0 bridgehead atoms. The van der Waals surface area contributed by atoms with E-state index in [2.05, 4.69) is 36.2 Å². The van der Waals surface area contributed by atoms with Gasteiger partial charge in [-0.3, -0.25) is 0 Å². The van der Waals surface area contributed by atoms with Crippen LogP contribution in [0, 0.1) is 6.92 Å². The average Bonchev–Trinajstić information content (AvgIpc) is 2.70. The Morgan fingerprint density at radius 1 is 1.41 bits per heavy atom. The lowest BCUT2D eigenvalue weighted by molar-refractivity contribution is 0.857. The molecule has 90 valence electrons. The van der Waals surface area contributed by atoms with Crippen molar-refractivity contribution in [3.63, 3.8) is 0 Å². The Morgan fingerprint density at radius 3 is 2.82 bits per heavy atom. The Bertz CT molecular complexity index is 527. The molecule has 2 aromatic rings. The van der Waals surface area contributed by atoms with Gasteiger partial charge in [-0.05, 0) is 29.8 Å². The van der Waals surface area contributed by atoms with Crippen LogP contribution >= 0.6 is 27.3 Å². The van der Waals surface area contributed by atoms with Crippen molar-refractivity contribution in [2.75, 3.05) is 11.1 Å². The fourth-order valence-corrected chi connectivity index (χ4v) is 2.40. The molecular weight excluding hydrogens is 302 g/mol. The first kappa shape index (κ1) is 12.3. The third kappa shape index (κ3) is 2.92. The summed E-state index contributed by atoms with van der Waals surface area (Å²) in [4.78, 5) is 13.5. The molecule has 0 fully saturated rings. The number of halogens is 1. The number of hydrogen-bond donors (Lipinski definition) is 2. The molecule has 1 unspecified atom stereocenters. The number of nitrogens with zero attached hydrogens (tertiary/aromatic N) is 3. The second-order valence-corrected chi connectivity index (χ2v) is 5.72. The Morgan fingerprint density at radius 2 is 2.18 bits per heavy atom. The molecule has 7 heteroatoms. The zero-order valence-corrected chi connectivity index (χ0v) is 11.8. The van der Waals surface area contributed by atoms with Gasteiger partial charge in [-0.2, -0.15) is 4.98 Å². The minimum absolute atomic E-state index is 0.0827. The molecule has 0 spiro atoms. The van der Waals surface area contributed by atoms with E-state index in [9.17, 15) is 0 Å². The van der Waals surface area contributed by atoms with Crippen LogP contribution in [0.2, 0.25) is 0 Å². The van der Waals surface area contributed by atoms with Crippen molar-refractivity contribution < 1.29 is 0 Å². The Balaban J connectivity index is 2.18. The summed E-state index contributed by atoms with van der Waals surface area (Å²) in [6.07, 6.45) is 3.49. The van der Waals surface area contributed by atoms with Crippen molar-refractivity contribution in [1.82, 2.24) is 15.0 Å². The normalized spacial score (nSPS) is 12.4. The van der Waals surface area contributed by atoms with Gasteiger partial charge in [-0.1, -0.05) is 0 Å². The van der Waals surface area contributed by atoms with Crippen LogP contribution in [-0.4, -0.2) is 15.0 Å². The number of hydrogen-bond acceptors (Lipinski definition) is 6. The molecule has 0 saturated heterocycles. The van der Waals surface area contributed by atoms with E-state index in [1.807, 2.05) is 20.0 Å². The minimum atomic E-state index is 0.0827. The largest absolute Gasteiger partial charge is 0.368 e. The van der Waals surface area contributed by atoms with Crippen molar-refractivity contribution in [1.29, 1.82) is 0 Å². The van der Waals surface area contributed by atoms with Gasteiger partial charge < -0.3 is 11.1 Å². The molecule has 0 radical (unpaired) electrons. The van der Waals surface area contributed by atoms with Crippen molar-refractivity contribution in [3.8, 4) is 0 Å². The van der Waals surface area contributed by atoms with Gasteiger partial charge in [-0.15, -0.1) is 11.3 Å². The lowest BCUT2D eigenvalue weighted by atomic mass is 10.3. The number of thiazole rings is 1. The molecule has 17 heavy (non-hydrogen) atoms. The zero-order valence-electron chi connectivity index (χ0n) is 9.44. The summed E-state index contributed by atoms with van der Waals surface area (Å²) in [6, 6.07) is 0.0827. The summed E-state index contributed by atoms with van der Waals surface area (Å²) in [7, 11) is 0. The first-order chi connectivity index (χ1) is 8.06. The van der Waals surface area contributed by atoms with Crippen molar-refractivity contribution >= 4 is 39.0 Å². The van der Waals surface area contributed by atoms with Gasteiger partial charge in [0.25, 0.3) is 0 Å². The standard InChI is InChI=1S/C10H12BrN5S/c1-5-3-13-9(17-5)6(2)15-8-7(11)4-14-10(12)16-8/h3-4,6H,1-2H3,(H3,12,14,15,16). The molecule has 2 heterocycles. The highest BCUT2D eigenvalue weighted by Crippen LogP contribution is 2.26. The number of nitrogens with two attached hydrogens (primary N) is 1. The van der Waals surface area contributed by atoms with Gasteiger partial charge in [0.1, 0.15) is 10.8 Å². The van der Waals surface area contributed by atoms with Crippen LogP contribution < -0.4 is 11.1 Å². The molecule has 2 aromatic heterocycles. The van der Waals surface area contributed by atoms with Gasteiger partial charge in [-0.25, -0.2) is 9.97 Å². The van der Waals surface area contributed by atoms with E-state index in [1.54, 1.807) is 17.5 Å². The zero-order chi connectivity index (χ0) is 12.4. The predicted octanol–water partition coefficient (Wildman–Crippen LogP) is 2.76. The minimum Gasteiger partial charge on any atom is -0.368 e. The maximum absolute atomic E-state index is 5.55. The van der Waals surface area contributed by atoms with Crippen molar-refractivity contribution in [3.05, 3.63) is 26.8 Å². The fraction of sp³-hybridized carbons (Fsp3) is 0.300. The van der Waals surface area contributed by atoms with E-state index in [0.717, 1.165) is 9.48 Å². The Hall–Kier alpha value is -1.21. The second kappa shape index (κ2) is 4.97. The molecule has 0 saturated carbocycles. The number of anilines is 2. The van der Waals surface area contributed by atoms with Gasteiger partial charge in [0.2, 0.25) is 5.95 Å². The highest BCUT2D eigenvalue weighted by atomic mass is 79.9. The molecule has 0 aliphatic carbocycles. The Labute approximate surface area is 112 Å². The van der Waals surface area contributed by atoms with Crippen LogP contribution in [0.15, 0.2) is 16.9 Å². The van der Waals surface area contributed by atoms with Crippen molar-refractivity contribution in [2.24, 2.45) is 0 Å². The topological polar surface area (TPSA) is 76.7 Å². The lowest BCUT2D eigenvalue weighted by Gasteiger charge is -2.13. The molecule has 0 aliphatic heterocycles. The highest BCUT2D eigenvalue weighted by molar-refractivity contribution is 9.10. The van der Waals surface area contributed by atoms with Crippen LogP contribution in [-0.2, 0) is 0 Å². The number of rotatable bonds is 3. The molecular formula is C10H12BrN5S. The molecule has 2 rings (SSSR count). The maximum atomic E-state index is 5.55. The first-order valence-electron chi connectivity index (χ1n) is 5.03. The van der Waals surface area contributed by atoms with Gasteiger partial charge >= 0.3 is 0 Å². The number of nitrogens with one attached hydrogen (secondary N) is 1. The average molecular weight is 314 g/mol. The van der Waals surface area contributed by atoms with E-state index in [-0.39, 0.29) is 12.0 Å². The molecule has 0 aromatic carbocycles. The predicted molar refractivity (Wildman–Crippen MR) is 73.0 cm³/mol. The van der Waals surface area contributed by atoms with Gasteiger partial charge in [0, 0.05) is 17.3 Å². The van der Waals surface area contributed by atoms with E-state index in [4.69, 9.17) is 5.73 Å². The van der Waals surface area contributed by atoms with Crippen LogP contribution in [0.5, 0.6) is 0 Å². The van der Waals surface area contributed by atoms with E-state index in [1.165, 1.54) is 4.88 Å². The van der Waals surface area contributed by atoms with Crippen LogP contribution in [0.4, 0.5) is 11.8 Å². The summed E-state index contributed by atoms with van der Waals surface area (Å²) in [6.45, 7) is 4.06. The fourth-order valence-electron chi connectivity index (χ4n) is 1.32. The summed E-state index contributed by atoms with van der Waals surface area (Å²) < 4.78 is 0.784. The summed E-state index contributed by atoms with van der Waals surface area (Å²) in [5.41, 5.74) is 5.55. The second-order valence-electron chi connectivity index (χ2n) is 3.60. The number of aromatic nitrogens is 3. The molecule has 5 nitrogen and oxygen atoms in total. The molecule has 1 atom stereocenters. The SMILES string of the molecule is Cc1cnc(C(C)Nc2nc(N)ncc2Br)s1. The van der Waals surface area contributed by atoms with Crippen LogP contribution in [0.3, 0.4) is 0 Å². The lowest BCUT2D eigenvalue weighted by Crippen LogP contribution is -2.09. The molecule has 0 aliphatic rings. The van der Waals surface area contributed by atoms with E-state index in [0.29, 0.717) is 5.82 Å². The molecule has 3 N–H and O–H groups in total. The van der Waals surface area contributed by atoms with Crippen molar-refractivity contribution in [2.45, 2.75) is 19.9 Å². The van der Waals surface area contributed by atoms with E-state index >= 15 is 0 Å². The van der Waals surface area contributed by atoms with Crippen LogP contribution in [0.25, 0.3) is 0 Å². The van der Waals surface area contributed by atoms with Gasteiger partial charge in [0.15, 0.2) is 0 Å². The summed E-state index contributed by atoms with van der Waals surface area (Å²) in [5, 5.41) is 4.27. The Kier molecular flexibility index (Phi) is 3.58. The van der Waals surface area contributed by atoms with Gasteiger partial charge in [0.05, 0.1) is 10.5 Å². The number of nitrogen functional groups attached to an aromatic ring is 1. The molecule has 0 amide bonds. The third-order valence-corrected chi connectivity index (χ3v) is 3.80. The maximum Gasteiger partial charge on any atom is 0.221 e. The quantitative estimate of drug-likeness (QED) is 0.911. The van der Waals surface area contributed by atoms with E-state index < -0.39 is 0 Å². The highest BCUT2D eigenvalue weighted by Gasteiger charge is 2.12. The smallest absolute Gasteiger partial charge is 0.221 e. The summed E-state index contributed by atoms with van der Waals surface area (Å²) in [5.74, 6) is 0.927. The third-order valence-electron chi connectivity index (χ3n) is 2.13. The monoisotopic (exact) mass is 313 g/mol. The first-order valence-corrected chi connectivity index (χ1v) is 6.64. The number of aryl methyl sites for hydroxylation is 1. The van der Waals surface area contributed by atoms with Crippen LogP contribution in [0.1, 0.15) is 22.9 Å². The summed E-state index contributed by atoms with van der Waals surface area (Å²) >= 11 is 5.04.